The summed E-state index contributed by atoms with van der Waals surface area (Å²) in [5.74, 6) is -0.577. The molecule has 1 aliphatic carbocycles. The third kappa shape index (κ3) is 2.38. The van der Waals surface area contributed by atoms with Gasteiger partial charge in [0.2, 0.25) is 0 Å². The molecular formula is C14H18Cl2FNO. The Morgan fingerprint density at radius 3 is 2.42 bits per heavy atom. The molecule has 106 valence electrons. The minimum atomic E-state index is -1.26. The van der Waals surface area contributed by atoms with Crippen LogP contribution in [0.5, 0.6) is 0 Å². The fourth-order valence-corrected chi connectivity index (χ4v) is 3.69. The zero-order valence-corrected chi connectivity index (χ0v) is 12.4. The zero-order chi connectivity index (χ0) is 14.3. The quantitative estimate of drug-likeness (QED) is 0.833. The molecule has 0 radical (unpaired) electrons. The summed E-state index contributed by atoms with van der Waals surface area (Å²) in [6.45, 7) is 2.01. The molecule has 0 heterocycles. The third-order valence-electron chi connectivity index (χ3n) is 4.52. The molecule has 1 unspecified atom stereocenters. The van der Waals surface area contributed by atoms with Gasteiger partial charge in [-0.25, -0.2) is 4.39 Å². The van der Waals surface area contributed by atoms with Crippen LogP contribution in [0.4, 0.5) is 4.39 Å². The second-order valence-corrected chi connectivity index (χ2v) is 6.32. The van der Waals surface area contributed by atoms with Gasteiger partial charge in [-0.05, 0) is 31.9 Å². The van der Waals surface area contributed by atoms with Gasteiger partial charge >= 0.3 is 0 Å². The van der Waals surface area contributed by atoms with Gasteiger partial charge in [0.25, 0.3) is 0 Å². The molecule has 5 heteroatoms. The molecule has 0 amide bonds. The van der Waals surface area contributed by atoms with Crippen LogP contribution in [0.1, 0.15) is 38.2 Å². The molecule has 0 bridgehead atoms. The molecule has 19 heavy (non-hydrogen) atoms. The van der Waals surface area contributed by atoms with E-state index in [2.05, 4.69) is 0 Å². The molecule has 1 saturated carbocycles. The maximum absolute atomic E-state index is 13.7. The minimum absolute atomic E-state index is 0.0437. The number of benzene rings is 1. The summed E-state index contributed by atoms with van der Waals surface area (Å²) in [7, 11) is 0. The number of aliphatic hydroxyl groups is 1. The van der Waals surface area contributed by atoms with Crippen molar-refractivity contribution in [2.75, 3.05) is 6.54 Å². The molecule has 1 atom stereocenters. The molecule has 3 N–H and O–H groups in total. The van der Waals surface area contributed by atoms with Crippen LogP contribution in [0.15, 0.2) is 12.1 Å². The first-order chi connectivity index (χ1) is 8.84. The number of hydrogen-bond acceptors (Lipinski definition) is 2. The number of rotatable bonds is 3. The fraction of sp³-hybridized carbons (Fsp3) is 0.571. The molecule has 0 aromatic heterocycles. The van der Waals surface area contributed by atoms with E-state index in [9.17, 15) is 9.50 Å². The molecule has 2 rings (SSSR count). The highest BCUT2D eigenvalue weighted by molar-refractivity contribution is 6.35. The van der Waals surface area contributed by atoms with Crippen molar-refractivity contribution in [1.29, 1.82) is 0 Å². The first kappa shape index (κ1) is 15.0. The van der Waals surface area contributed by atoms with Crippen LogP contribution in [-0.2, 0) is 5.60 Å². The van der Waals surface area contributed by atoms with Crippen LogP contribution in [0, 0.1) is 11.2 Å². The molecule has 1 fully saturated rings. The monoisotopic (exact) mass is 305 g/mol. The van der Waals surface area contributed by atoms with E-state index in [0.717, 1.165) is 25.7 Å². The summed E-state index contributed by atoms with van der Waals surface area (Å²) in [6, 6.07) is 2.56. The number of nitrogens with two attached hydrogens (primary N) is 1. The van der Waals surface area contributed by atoms with Gasteiger partial charge in [0.05, 0.1) is 10.6 Å². The van der Waals surface area contributed by atoms with Crippen molar-refractivity contribution in [1.82, 2.24) is 0 Å². The summed E-state index contributed by atoms with van der Waals surface area (Å²) >= 11 is 11.8. The van der Waals surface area contributed by atoms with Crippen LogP contribution < -0.4 is 5.73 Å². The van der Waals surface area contributed by atoms with Crippen LogP contribution in [0.3, 0.4) is 0 Å². The van der Waals surface area contributed by atoms with Gasteiger partial charge in [0.15, 0.2) is 0 Å². The van der Waals surface area contributed by atoms with E-state index < -0.39 is 16.8 Å². The van der Waals surface area contributed by atoms with Crippen molar-refractivity contribution in [2.24, 2.45) is 11.1 Å². The minimum Gasteiger partial charge on any atom is -0.385 e. The smallest absolute Gasteiger partial charge is 0.142 e. The Kier molecular flexibility index (Phi) is 4.12. The van der Waals surface area contributed by atoms with Gasteiger partial charge in [-0.1, -0.05) is 36.0 Å². The van der Waals surface area contributed by atoms with E-state index in [-0.39, 0.29) is 10.0 Å². The van der Waals surface area contributed by atoms with E-state index in [1.807, 2.05) is 0 Å². The van der Waals surface area contributed by atoms with Gasteiger partial charge in [0, 0.05) is 22.5 Å². The van der Waals surface area contributed by atoms with E-state index in [1.54, 1.807) is 6.92 Å². The lowest BCUT2D eigenvalue weighted by Crippen LogP contribution is -2.47. The molecular weight excluding hydrogens is 288 g/mol. The van der Waals surface area contributed by atoms with Gasteiger partial charge in [0.1, 0.15) is 5.82 Å². The van der Waals surface area contributed by atoms with Gasteiger partial charge < -0.3 is 10.8 Å². The van der Waals surface area contributed by atoms with Crippen LogP contribution in [-0.4, -0.2) is 11.7 Å². The van der Waals surface area contributed by atoms with Crippen molar-refractivity contribution in [2.45, 2.75) is 38.2 Å². The van der Waals surface area contributed by atoms with E-state index >= 15 is 0 Å². The van der Waals surface area contributed by atoms with Gasteiger partial charge in [-0.3, -0.25) is 0 Å². The van der Waals surface area contributed by atoms with E-state index in [0.29, 0.717) is 12.1 Å². The Bertz CT molecular complexity index is 485. The lowest BCUT2D eigenvalue weighted by Gasteiger charge is -2.43. The summed E-state index contributed by atoms with van der Waals surface area (Å²) in [5.41, 5.74) is 4.54. The molecule has 0 saturated heterocycles. The van der Waals surface area contributed by atoms with Crippen molar-refractivity contribution >= 4 is 23.2 Å². The van der Waals surface area contributed by atoms with Crippen molar-refractivity contribution < 1.29 is 9.50 Å². The fourth-order valence-electron chi connectivity index (χ4n) is 3.12. The zero-order valence-electron chi connectivity index (χ0n) is 10.8. The summed E-state index contributed by atoms with van der Waals surface area (Å²) in [6.07, 6.45) is 3.66. The lowest BCUT2D eigenvalue weighted by molar-refractivity contribution is -0.0694. The Hall–Kier alpha value is -0.350. The number of hydrogen-bond donors (Lipinski definition) is 2. The summed E-state index contributed by atoms with van der Waals surface area (Å²) < 4.78 is 13.7. The van der Waals surface area contributed by atoms with Crippen LogP contribution >= 0.6 is 23.2 Å². The van der Waals surface area contributed by atoms with E-state index in [1.165, 1.54) is 12.1 Å². The maximum Gasteiger partial charge on any atom is 0.142 e. The maximum atomic E-state index is 13.7. The molecule has 1 aliphatic rings. The van der Waals surface area contributed by atoms with Gasteiger partial charge in [-0.15, -0.1) is 0 Å². The molecule has 0 aliphatic heterocycles. The predicted octanol–water partition coefficient (Wildman–Crippen LogP) is 3.86. The molecule has 0 spiro atoms. The molecule has 2 nitrogen and oxygen atoms in total. The van der Waals surface area contributed by atoms with Gasteiger partial charge in [-0.2, -0.15) is 0 Å². The Labute approximate surface area is 122 Å². The SMILES string of the molecule is CC(O)(c1cc(F)c(Cl)cc1Cl)C1(CN)CCCC1. The van der Waals surface area contributed by atoms with Crippen LogP contribution in [0.2, 0.25) is 10.0 Å². The topological polar surface area (TPSA) is 46.2 Å². The van der Waals surface area contributed by atoms with Crippen molar-refractivity contribution in [3.05, 3.63) is 33.6 Å². The summed E-state index contributed by atoms with van der Waals surface area (Å²) in [4.78, 5) is 0. The van der Waals surface area contributed by atoms with Crippen molar-refractivity contribution in [3.63, 3.8) is 0 Å². The number of halogens is 3. The van der Waals surface area contributed by atoms with E-state index in [4.69, 9.17) is 28.9 Å². The lowest BCUT2D eigenvalue weighted by atomic mass is 9.68. The average molecular weight is 306 g/mol. The van der Waals surface area contributed by atoms with Crippen molar-refractivity contribution in [3.8, 4) is 0 Å². The standard InChI is InChI=1S/C14H18Cl2FNO/c1-13(19,14(8-18)4-2-3-5-14)9-6-12(17)11(16)7-10(9)15/h6-7,19H,2-5,8,18H2,1H3. The first-order valence-corrected chi connectivity index (χ1v) is 7.17. The van der Waals surface area contributed by atoms with Crippen LogP contribution in [0.25, 0.3) is 0 Å². The predicted molar refractivity (Wildman–Crippen MR) is 75.9 cm³/mol. The normalized spacial score (nSPS) is 21.4. The largest absolute Gasteiger partial charge is 0.385 e. The highest BCUT2D eigenvalue weighted by Crippen LogP contribution is 2.52. The summed E-state index contributed by atoms with van der Waals surface area (Å²) in [5, 5.41) is 11.2. The Morgan fingerprint density at radius 1 is 1.32 bits per heavy atom. The first-order valence-electron chi connectivity index (χ1n) is 6.41. The Balaban J connectivity index is 2.52. The highest BCUT2D eigenvalue weighted by Gasteiger charge is 2.49. The third-order valence-corrected chi connectivity index (χ3v) is 5.12. The highest BCUT2D eigenvalue weighted by atomic mass is 35.5. The average Bonchev–Trinajstić information content (AvgIpc) is 2.84. The second kappa shape index (κ2) is 5.21. The molecule has 1 aromatic rings. The Morgan fingerprint density at radius 2 is 1.89 bits per heavy atom. The second-order valence-electron chi connectivity index (χ2n) is 5.51. The molecule has 1 aromatic carbocycles.